The Labute approximate surface area is 135 Å². The van der Waals surface area contributed by atoms with Crippen LogP contribution in [0.25, 0.3) is 22.3 Å². The molecular weight excluding hydrogens is 310 g/mol. The van der Waals surface area contributed by atoms with Gasteiger partial charge in [0.05, 0.1) is 16.6 Å². The average molecular weight is 321 g/mol. The Balaban J connectivity index is 1.74. The van der Waals surface area contributed by atoms with Crippen LogP contribution in [0, 0.1) is 0 Å². The lowest BCUT2D eigenvalue weighted by molar-refractivity contribution is -0.117. The van der Waals surface area contributed by atoms with Gasteiger partial charge in [-0.15, -0.1) is 0 Å². The standard InChI is InChI=1S/C17H11N3O4/c21-14-9-24-17(23)20(14)11-7-5-10(6-8-11)15-18-13-4-2-1-3-12(13)16(22)19-15/h1-8H,9H2,(H,18,19,22). The number of hydrogen-bond acceptors (Lipinski definition) is 5. The molecule has 1 aliphatic heterocycles. The minimum atomic E-state index is -0.690. The number of aromatic nitrogens is 2. The number of rotatable bonds is 2. The molecule has 4 rings (SSSR count). The first kappa shape index (κ1) is 14.1. The molecule has 0 radical (unpaired) electrons. The Bertz CT molecular complexity index is 1010. The smallest absolute Gasteiger partial charge is 0.421 e. The average Bonchev–Trinajstić information content (AvgIpc) is 2.94. The normalized spacial score (nSPS) is 14.2. The second kappa shape index (κ2) is 5.31. The van der Waals surface area contributed by atoms with Gasteiger partial charge >= 0.3 is 6.09 Å². The van der Waals surface area contributed by atoms with Crippen molar-refractivity contribution >= 4 is 28.6 Å². The minimum absolute atomic E-state index is 0.224. The molecule has 7 heteroatoms. The number of imide groups is 1. The van der Waals surface area contributed by atoms with Gasteiger partial charge in [0.2, 0.25) is 0 Å². The molecule has 1 N–H and O–H groups in total. The maximum absolute atomic E-state index is 12.1. The van der Waals surface area contributed by atoms with Crippen LogP contribution in [0.5, 0.6) is 0 Å². The number of cyclic esters (lactones) is 1. The summed E-state index contributed by atoms with van der Waals surface area (Å²) in [5.74, 6) is 0.00515. The van der Waals surface area contributed by atoms with Crippen LogP contribution in [-0.2, 0) is 9.53 Å². The number of hydrogen-bond donors (Lipinski definition) is 1. The number of nitrogens with zero attached hydrogens (tertiary/aromatic N) is 2. The number of para-hydroxylation sites is 1. The van der Waals surface area contributed by atoms with Crippen molar-refractivity contribution in [3.05, 3.63) is 58.9 Å². The van der Waals surface area contributed by atoms with Gasteiger partial charge in [0.15, 0.2) is 6.61 Å². The molecule has 0 saturated carbocycles. The Kier molecular flexibility index (Phi) is 3.13. The van der Waals surface area contributed by atoms with Gasteiger partial charge in [-0.25, -0.2) is 14.7 Å². The van der Waals surface area contributed by atoms with E-state index in [4.69, 9.17) is 0 Å². The Morgan fingerprint density at radius 3 is 2.46 bits per heavy atom. The van der Waals surface area contributed by atoms with E-state index in [0.29, 0.717) is 28.0 Å². The van der Waals surface area contributed by atoms with Crippen LogP contribution in [0.15, 0.2) is 53.3 Å². The van der Waals surface area contributed by atoms with Crippen LogP contribution < -0.4 is 10.5 Å². The zero-order valence-electron chi connectivity index (χ0n) is 12.4. The zero-order valence-corrected chi connectivity index (χ0v) is 12.4. The molecule has 1 fully saturated rings. The summed E-state index contributed by atoms with van der Waals surface area (Å²) >= 11 is 0. The molecule has 0 unspecified atom stereocenters. The third-order valence-corrected chi connectivity index (χ3v) is 3.76. The lowest BCUT2D eigenvalue weighted by Crippen LogP contribution is -2.28. The van der Waals surface area contributed by atoms with E-state index in [2.05, 4.69) is 14.7 Å². The number of carbonyl (C=O) groups is 2. The van der Waals surface area contributed by atoms with E-state index in [1.807, 2.05) is 6.07 Å². The quantitative estimate of drug-likeness (QED) is 0.780. The molecule has 1 aliphatic rings. The highest BCUT2D eigenvalue weighted by atomic mass is 16.6. The van der Waals surface area contributed by atoms with Crippen LogP contribution in [0.3, 0.4) is 0 Å². The summed E-state index contributed by atoms with van der Waals surface area (Å²) in [7, 11) is 0. The van der Waals surface area contributed by atoms with E-state index in [0.717, 1.165) is 4.90 Å². The summed E-state index contributed by atoms with van der Waals surface area (Å²) in [6, 6.07) is 13.6. The number of amides is 2. The molecule has 1 saturated heterocycles. The fraction of sp³-hybridized carbons (Fsp3) is 0.0588. The van der Waals surface area contributed by atoms with Gasteiger partial charge in [0.1, 0.15) is 5.82 Å². The fourth-order valence-electron chi connectivity index (χ4n) is 2.60. The van der Waals surface area contributed by atoms with Gasteiger partial charge in [0, 0.05) is 5.56 Å². The summed E-state index contributed by atoms with van der Waals surface area (Å²) < 4.78 is 4.69. The van der Waals surface area contributed by atoms with Crippen molar-refractivity contribution in [2.75, 3.05) is 11.5 Å². The molecule has 1 aromatic heterocycles. The SMILES string of the molecule is O=C1COC(=O)N1c1ccc(-c2nc3ccccc3c(=O)[nH]2)cc1. The van der Waals surface area contributed by atoms with Crippen molar-refractivity contribution in [3.8, 4) is 11.4 Å². The first-order valence-corrected chi connectivity index (χ1v) is 7.23. The summed E-state index contributed by atoms with van der Waals surface area (Å²) in [6.07, 6.45) is -0.690. The molecule has 0 aliphatic carbocycles. The van der Waals surface area contributed by atoms with E-state index < -0.39 is 12.0 Å². The number of H-pyrrole nitrogens is 1. The number of benzene rings is 2. The van der Waals surface area contributed by atoms with Crippen molar-refractivity contribution in [2.24, 2.45) is 0 Å². The first-order valence-electron chi connectivity index (χ1n) is 7.23. The predicted octanol–water partition coefficient (Wildman–Crippen LogP) is 2.07. The second-order valence-electron chi connectivity index (χ2n) is 5.26. The molecule has 24 heavy (non-hydrogen) atoms. The van der Waals surface area contributed by atoms with Gasteiger partial charge in [-0.2, -0.15) is 0 Å². The molecule has 3 aromatic rings. The number of carbonyl (C=O) groups excluding carboxylic acids is 2. The Morgan fingerprint density at radius 2 is 1.75 bits per heavy atom. The molecule has 0 spiro atoms. The Hall–Kier alpha value is -3.48. The second-order valence-corrected chi connectivity index (χ2v) is 5.26. The maximum atomic E-state index is 12.1. The van der Waals surface area contributed by atoms with Crippen molar-refractivity contribution in [1.82, 2.24) is 9.97 Å². The molecular formula is C17H11N3O4. The number of aromatic amines is 1. The number of fused-ring (bicyclic) bond motifs is 1. The van der Waals surface area contributed by atoms with E-state index >= 15 is 0 Å². The van der Waals surface area contributed by atoms with Gasteiger partial charge in [0.25, 0.3) is 11.5 Å². The topological polar surface area (TPSA) is 92.4 Å². The molecule has 2 amide bonds. The zero-order chi connectivity index (χ0) is 16.7. The number of anilines is 1. The molecule has 0 bridgehead atoms. The van der Waals surface area contributed by atoms with Crippen LogP contribution in [-0.4, -0.2) is 28.6 Å². The minimum Gasteiger partial charge on any atom is -0.439 e. The van der Waals surface area contributed by atoms with Crippen LogP contribution in [0.4, 0.5) is 10.5 Å². The van der Waals surface area contributed by atoms with Crippen molar-refractivity contribution in [1.29, 1.82) is 0 Å². The fourth-order valence-corrected chi connectivity index (χ4v) is 2.60. The summed E-state index contributed by atoms with van der Waals surface area (Å²) in [5.41, 5.74) is 1.45. The van der Waals surface area contributed by atoms with Crippen molar-refractivity contribution in [3.63, 3.8) is 0 Å². The summed E-state index contributed by atoms with van der Waals surface area (Å²) in [6.45, 7) is -0.250. The molecule has 2 aromatic carbocycles. The first-order chi connectivity index (χ1) is 11.6. The van der Waals surface area contributed by atoms with Gasteiger partial charge in [-0.1, -0.05) is 12.1 Å². The van der Waals surface area contributed by atoms with Gasteiger partial charge < -0.3 is 9.72 Å². The lowest BCUT2D eigenvalue weighted by atomic mass is 10.1. The van der Waals surface area contributed by atoms with Crippen LogP contribution >= 0.6 is 0 Å². The van der Waals surface area contributed by atoms with Gasteiger partial charge in [-0.05, 0) is 36.4 Å². The Morgan fingerprint density at radius 1 is 1.00 bits per heavy atom. The number of ether oxygens (including phenoxy) is 1. The highest BCUT2D eigenvalue weighted by Crippen LogP contribution is 2.23. The van der Waals surface area contributed by atoms with Gasteiger partial charge in [-0.3, -0.25) is 9.59 Å². The van der Waals surface area contributed by atoms with E-state index in [9.17, 15) is 14.4 Å². The van der Waals surface area contributed by atoms with E-state index in [1.54, 1.807) is 42.5 Å². The molecule has 0 atom stereocenters. The molecule has 2 heterocycles. The third kappa shape index (κ3) is 2.23. The van der Waals surface area contributed by atoms with Crippen molar-refractivity contribution in [2.45, 2.75) is 0 Å². The third-order valence-electron chi connectivity index (χ3n) is 3.76. The van der Waals surface area contributed by atoms with Crippen LogP contribution in [0.1, 0.15) is 0 Å². The van der Waals surface area contributed by atoms with Crippen molar-refractivity contribution < 1.29 is 14.3 Å². The highest BCUT2D eigenvalue weighted by molar-refractivity contribution is 6.16. The predicted molar refractivity (Wildman–Crippen MR) is 86.6 cm³/mol. The molecule has 7 nitrogen and oxygen atoms in total. The maximum Gasteiger partial charge on any atom is 0.421 e. The largest absolute Gasteiger partial charge is 0.439 e. The monoisotopic (exact) mass is 321 g/mol. The number of nitrogens with one attached hydrogen (secondary N) is 1. The molecule has 118 valence electrons. The van der Waals surface area contributed by atoms with Crippen LogP contribution in [0.2, 0.25) is 0 Å². The van der Waals surface area contributed by atoms with E-state index in [1.165, 1.54) is 0 Å². The highest BCUT2D eigenvalue weighted by Gasteiger charge is 2.32. The summed E-state index contributed by atoms with van der Waals surface area (Å²) in [4.78, 5) is 43.5. The van der Waals surface area contributed by atoms with E-state index in [-0.39, 0.29) is 12.2 Å². The lowest BCUT2D eigenvalue weighted by Gasteiger charge is -2.11. The summed E-state index contributed by atoms with van der Waals surface area (Å²) in [5, 5.41) is 0.517.